The number of aliphatic hydroxyl groups excluding tert-OH is 7. The highest BCUT2D eigenvalue weighted by Crippen LogP contribution is 2.34. The van der Waals surface area contributed by atoms with Crippen molar-refractivity contribution in [3.63, 3.8) is 0 Å². The molecule has 49 heavy (non-hydrogen) atoms. The summed E-state index contributed by atoms with van der Waals surface area (Å²) in [5.41, 5.74) is -1.29. The third kappa shape index (κ3) is 9.08. The Labute approximate surface area is 285 Å². The van der Waals surface area contributed by atoms with Crippen molar-refractivity contribution in [2.75, 3.05) is 7.11 Å². The third-order valence-corrected chi connectivity index (χ3v) is 9.52. The van der Waals surface area contributed by atoms with Crippen molar-refractivity contribution in [2.45, 2.75) is 183 Å². The van der Waals surface area contributed by atoms with Crippen molar-refractivity contribution < 1.29 is 83.5 Å². The number of nitrogens with one attached hydrogen (secondary N) is 1. The van der Waals surface area contributed by atoms with Gasteiger partial charge in [0.1, 0.15) is 67.1 Å². The fraction of sp³-hybridized carbons (Fsp3) is 0.968. The Hall–Kier alpha value is -1.17. The lowest BCUT2D eigenvalue weighted by Crippen LogP contribution is -2.67. The molecule has 4 heterocycles. The lowest BCUT2D eigenvalue weighted by molar-refractivity contribution is -0.380. The van der Waals surface area contributed by atoms with Gasteiger partial charge in [-0.3, -0.25) is 4.79 Å². The number of aliphatic hydroxyl groups is 8. The van der Waals surface area contributed by atoms with E-state index in [4.69, 9.17) is 37.9 Å². The molecule has 0 saturated carbocycles. The van der Waals surface area contributed by atoms with Crippen LogP contribution in [0.5, 0.6) is 0 Å². The molecule has 0 aromatic rings. The van der Waals surface area contributed by atoms with E-state index in [1.807, 2.05) is 0 Å². The number of amides is 1. The fourth-order valence-electron chi connectivity index (χ4n) is 6.65. The third-order valence-electron chi connectivity index (χ3n) is 9.52. The van der Waals surface area contributed by atoms with Crippen LogP contribution in [0.15, 0.2) is 0 Å². The number of carbonyl (C=O) groups excluding carboxylic acids is 1. The summed E-state index contributed by atoms with van der Waals surface area (Å²) in [6, 6.07) is -0.955. The molecule has 4 rings (SSSR count). The van der Waals surface area contributed by atoms with Crippen LogP contribution in [0.2, 0.25) is 0 Å². The van der Waals surface area contributed by atoms with Gasteiger partial charge < -0.3 is 84.1 Å². The minimum absolute atomic E-state index is 0.235. The van der Waals surface area contributed by atoms with Crippen LogP contribution in [0.3, 0.4) is 0 Å². The van der Waals surface area contributed by atoms with Crippen LogP contribution in [-0.4, -0.2) is 182 Å². The van der Waals surface area contributed by atoms with Crippen molar-refractivity contribution >= 4 is 5.91 Å². The van der Waals surface area contributed by atoms with E-state index in [-0.39, 0.29) is 6.42 Å². The standard InChI is InChI=1S/C31H55NO17/c1-10-16(32-15(33)9-31(6,7)41)20(37)27(42-8)30(44-10)49-26-19(36)13(4)46-29(23(26)40)48-25-18(35)12(3)45-28(22(25)39)47-24-14(5)43-11(2)17(34)21(24)38/h10-14,16-30,34-41H,9H2,1-8H3,(H,32,33)/t10?,11?,12?,13?,14-,16-,17-,18-,19-,20-,21+,22?,23?,24?,25+,26+,27?,28-,29-,30-/m0/s1. The lowest BCUT2D eigenvalue weighted by atomic mass is 9.94. The van der Waals surface area contributed by atoms with Gasteiger partial charge in [0.15, 0.2) is 18.9 Å². The monoisotopic (exact) mass is 713 g/mol. The van der Waals surface area contributed by atoms with E-state index in [0.717, 1.165) is 0 Å². The van der Waals surface area contributed by atoms with Gasteiger partial charge in [0, 0.05) is 7.11 Å². The Kier molecular flexibility index (Phi) is 13.5. The van der Waals surface area contributed by atoms with Gasteiger partial charge in [-0.2, -0.15) is 0 Å². The average molecular weight is 714 g/mol. The highest BCUT2D eigenvalue weighted by molar-refractivity contribution is 5.77. The van der Waals surface area contributed by atoms with E-state index < -0.39 is 134 Å². The maximum absolute atomic E-state index is 12.5. The molecule has 9 N–H and O–H groups in total. The van der Waals surface area contributed by atoms with Crippen LogP contribution in [0.4, 0.5) is 0 Å². The van der Waals surface area contributed by atoms with Crippen LogP contribution in [0.1, 0.15) is 54.9 Å². The van der Waals surface area contributed by atoms with Gasteiger partial charge >= 0.3 is 0 Å². The largest absolute Gasteiger partial charge is 0.390 e. The molecule has 286 valence electrons. The molecule has 8 unspecified atom stereocenters. The smallest absolute Gasteiger partial charge is 0.223 e. The van der Waals surface area contributed by atoms with Crippen LogP contribution in [0.25, 0.3) is 0 Å². The zero-order valence-corrected chi connectivity index (χ0v) is 29.0. The molecule has 4 fully saturated rings. The first kappa shape index (κ1) is 40.6. The van der Waals surface area contributed by atoms with Gasteiger partial charge in [-0.15, -0.1) is 0 Å². The summed E-state index contributed by atoms with van der Waals surface area (Å²) in [6.45, 7) is 10.7. The Morgan fingerprint density at radius 1 is 0.571 bits per heavy atom. The second-order valence-corrected chi connectivity index (χ2v) is 14.2. The summed E-state index contributed by atoms with van der Waals surface area (Å²) in [5.74, 6) is -0.533. The Morgan fingerprint density at radius 2 is 1.02 bits per heavy atom. The molecule has 1 amide bonds. The molecule has 0 spiro atoms. The number of carbonyl (C=O) groups is 1. The Balaban J connectivity index is 1.46. The minimum Gasteiger partial charge on any atom is -0.390 e. The number of hydrogen-bond donors (Lipinski definition) is 9. The molecule has 0 radical (unpaired) electrons. The lowest BCUT2D eigenvalue weighted by Gasteiger charge is -2.49. The number of hydrogen-bond acceptors (Lipinski definition) is 17. The van der Waals surface area contributed by atoms with E-state index in [0.29, 0.717) is 0 Å². The molecule has 18 heteroatoms. The van der Waals surface area contributed by atoms with E-state index in [1.165, 1.54) is 34.8 Å². The number of rotatable bonds is 10. The maximum atomic E-state index is 12.5. The summed E-state index contributed by atoms with van der Waals surface area (Å²) in [6.07, 6.45) is -24.5. The van der Waals surface area contributed by atoms with Crippen LogP contribution >= 0.6 is 0 Å². The Morgan fingerprint density at radius 3 is 1.51 bits per heavy atom. The number of ether oxygens (including phenoxy) is 8. The first-order chi connectivity index (χ1) is 22.7. The topological polar surface area (TPSA) is 265 Å². The van der Waals surface area contributed by atoms with E-state index in [1.54, 1.807) is 20.8 Å². The van der Waals surface area contributed by atoms with Crippen molar-refractivity contribution in [1.29, 1.82) is 0 Å². The van der Waals surface area contributed by atoms with Crippen LogP contribution < -0.4 is 5.32 Å². The molecule has 0 aromatic heterocycles. The zero-order valence-electron chi connectivity index (χ0n) is 29.0. The van der Waals surface area contributed by atoms with Crippen molar-refractivity contribution in [3.05, 3.63) is 0 Å². The molecule has 18 nitrogen and oxygen atoms in total. The van der Waals surface area contributed by atoms with Crippen molar-refractivity contribution in [3.8, 4) is 0 Å². The Bertz CT molecular complexity index is 1080. The fourth-order valence-corrected chi connectivity index (χ4v) is 6.65. The van der Waals surface area contributed by atoms with E-state index >= 15 is 0 Å². The molecule has 20 atom stereocenters. The molecule has 0 aromatic carbocycles. The second-order valence-electron chi connectivity index (χ2n) is 14.2. The predicted molar refractivity (Wildman–Crippen MR) is 163 cm³/mol. The van der Waals surface area contributed by atoms with Gasteiger partial charge in [0.25, 0.3) is 0 Å². The molecular formula is C31H55NO17. The molecule has 4 aliphatic heterocycles. The van der Waals surface area contributed by atoms with Crippen molar-refractivity contribution in [2.24, 2.45) is 0 Å². The summed E-state index contributed by atoms with van der Waals surface area (Å²) in [5, 5.41) is 89.2. The minimum atomic E-state index is -1.74. The highest BCUT2D eigenvalue weighted by Gasteiger charge is 2.54. The molecular weight excluding hydrogens is 658 g/mol. The summed E-state index contributed by atoms with van der Waals surface area (Å²) in [4.78, 5) is 12.5. The maximum Gasteiger partial charge on any atom is 0.223 e. The molecule has 0 bridgehead atoms. The van der Waals surface area contributed by atoms with Gasteiger partial charge in [0.2, 0.25) is 5.91 Å². The first-order valence-corrected chi connectivity index (χ1v) is 16.6. The predicted octanol–water partition coefficient (Wildman–Crippen LogP) is -3.63. The van der Waals surface area contributed by atoms with Crippen LogP contribution in [-0.2, 0) is 42.7 Å². The molecule has 4 aliphatic rings. The highest BCUT2D eigenvalue weighted by atomic mass is 16.8. The van der Waals surface area contributed by atoms with Crippen molar-refractivity contribution in [1.82, 2.24) is 5.32 Å². The van der Waals surface area contributed by atoms with E-state index in [2.05, 4.69) is 5.32 Å². The summed E-state index contributed by atoms with van der Waals surface area (Å²) >= 11 is 0. The quantitative estimate of drug-likeness (QED) is 0.106. The van der Waals surface area contributed by atoms with E-state index in [9.17, 15) is 45.6 Å². The zero-order chi connectivity index (χ0) is 36.7. The van der Waals surface area contributed by atoms with Gasteiger partial charge in [-0.25, -0.2) is 0 Å². The summed E-state index contributed by atoms with van der Waals surface area (Å²) < 4.78 is 46.2. The van der Waals surface area contributed by atoms with Gasteiger partial charge in [0.05, 0.1) is 48.6 Å². The van der Waals surface area contributed by atoms with Gasteiger partial charge in [-0.1, -0.05) is 0 Å². The second kappa shape index (κ2) is 16.2. The SMILES string of the molecule is COC1[C@H](O[C@H]2C(O)[C@H](O[C@H]3C(O)[C@H](OC4[C@H](C)OC(C)[C@H](O)[C@H]4O)OC(C)[C@@H]3O)OC(C)[C@@H]2O)OC(C)[C@H](NC(=O)CC(C)(C)O)[C@@H]1O. The molecule has 0 aliphatic carbocycles. The number of methoxy groups -OCH3 is 1. The molecule has 4 saturated heterocycles. The average Bonchev–Trinajstić information content (AvgIpc) is 3.00. The van der Waals surface area contributed by atoms with Gasteiger partial charge in [-0.05, 0) is 48.5 Å². The van der Waals surface area contributed by atoms with Crippen LogP contribution in [0, 0.1) is 0 Å². The first-order valence-electron chi connectivity index (χ1n) is 16.6. The normalized spacial score (nSPS) is 49.8. The summed E-state index contributed by atoms with van der Waals surface area (Å²) in [7, 11) is 1.28.